The van der Waals surface area contributed by atoms with E-state index in [-0.39, 0.29) is 11.9 Å². The number of likely N-dealkylation sites (tertiary alicyclic amines) is 1. The van der Waals surface area contributed by atoms with E-state index in [0.717, 1.165) is 32.5 Å². The molecule has 0 bridgehead atoms. The zero-order valence-electron chi connectivity index (χ0n) is 13.8. The number of amides is 1. The van der Waals surface area contributed by atoms with Crippen LogP contribution in [0.3, 0.4) is 0 Å². The highest BCUT2D eigenvalue weighted by Gasteiger charge is 2.22. The lowest BCUT2D eigenvalue weighted by Gasteiger charge is -2.32. The van der Waals surface area contributed by atoms with Crippen LogP contribution in [0.4, 0.5) is 0 Å². The van der Waals surface area contributed by atoms with Crippen LogP contribution in [0.5, 0.6) is 5.88 Å². The first-order valence-corrected chi connectivity index (χ1v) is 8.17. The molecule has 1 aromatic carbocycles. The topological polar surface area (TPSA) is 67.3 Å². The molecule has 0 radical (unpaired) electrons. The van der Waals surface area contributed by atoms with Crippen LogP contribution in [0.1, 0.15) is 28.8 Å². The molecule has 6 heteroatoms. The van der Waals surface area contributed by atoms with Crippen LogP contribution in [0.15, 0.2) is 42.9 Å². The minimum absolute atomic E-state index is 0.172. The number of carbonyl (C=O) groups excluding carboxylic acids is 1. The standard InChI is InChI=1S/C18H22N4O2/c1-24-18-16(11-19-13-20-18)17(23)21-15-7-9-22(10-8-15)12-14-5-3-2-4-6-14/h2-6,11,13,15H,7-10,12H2,1H3,(H,21,23). The highest BCUT2D eigenvalue weighted by Crippen LogP contribution is 2.16. The van der Waals surface area contributed by atoms with Gasteiger partial charge in [0, 0.05) is 31.9 Å². The number of hydrogen-bond donors (Lipinski definition) is 1. The first-order chi connectivity index (χ1) is 11.8. The zero-order valence-corrected chi connectivity index (χ0v) is 13.8. The third-order valence-electron chi connectivity index (χ3n) is 4.29. The van der Waals surface area contributed by atoms with Gasteiger partial charge >= 0.3 is 0 Å². The molecule has 2 aromatic rings. The Labute approximate surface area is 141 Å². The van der Waals surface area contributed by atoms with Crippen LogP contribution in [0, 0.1) is 0 Å². The quantitative estimate of drug-likeness (QED) is 0.909. The average Bonchev–Trinajstić information content (AvgIpc) is 2.64. The van der Waals surface area contributed by atoms with Crippen molar-refractivity contribution in [2.75, 3.05) is 20.2 Å². The molecule has 0 saturated carbocycles. The highest BCUT2D eigenvalue weighted by atomic mass is 16.5. The monoisotopic (exact) mass is 326 g/mol. The van der Waals surface area contributed by atoms with E-state index < -0.39 is 0 Å². The molecule has 1 saturated heterocycles. The maximum absolute atomic E-state index is 12.4. The van der Waals surface area contributed by atoms with Gasteiger partial charge in [-0.3, -0.25) is 9.69 Å². The summed E-state index contributed by atoms with van der Waals surface area (Å²) in [4.78, 5) is 22.7. The fourth-order valence-corrected chi connectivity index (χ4v) is 2.98. The molecule has 1 aliphatic rings. The first-order valence-electron chi connectivity index (χ1n) is 8.17. The molecule has 24 heavy (non-hydrogen) atoms. The largest absolute Gasteiger partial charge is 0.480 e. The van der Waals surface area contributed by atoms with E-state index >= 15 is 0 Å². The fraction of sp³-hybridized carbons (Fsp3) is 0.389. The summed E-state index contributed by atoms with van der Waals surface area (Å²) in [7, 11) is 1.50. The summed E-state index contributed by atoms with van der Waals surface area (Å²) in [5.74, 6) is 0.137. The van der Waals surface area contributed by atoms with E-state index in [1.165, 1.54) is 25.2 Å². The number of piperidine rings is 1. The molecular formula is C18H22N4O2. The summed E-state index contributed by atoms with van der Waals surface area (Å²) < 4.78 is 5.12. The molecule has 1 fully saturated rings. The molecular weight excluding hydrogens is 304 g/mol. The molecule has 0 spiro atoms. The Balaban J connectivity index is 1.51. The third kappa shape index (κ3) is 4.08. The average molecular weight is 326 g/mol. The Morgan fingerprint density at radius 2 is 2.04 bits per heavy atom. The Hall–Kier alpha value is -2.47. The van der Waals surface area contributed by atoms with Crippen molar-refractivity contribution in [1.82, 2.24) is 20.2 Å². The lowest BCUT2D eigenvalue weighted by Crippen LogP contribution is -2.44. The van der Waals surface area contributed by atoms with Gasteiger partial charge in [0.05, 0.1) is 7.11 Å². The number of carbonyl (C=O) groups is 1. The Morgan fingerprint density at radius 3 is 2.75 bits per heavy atom. The van der Waals surface area contributed by atoms with Crippen molar-refractivity contribution in [1.29, 1.82) is 0 Å². The number of hydrogen-bond acceptors (Lipinski definition) is 5. The molecule has 1 aromatic heterocycles. The van der Waals surface area contributed by atoms with Crippen LogP contribution >= 0.6 is 0 Å². The van der Waals surface area contributed by atoms with Gasteiger partial charge in [-0.1, -0.05) is 30.3 Å². The first kappa shape index (κ1) is 16.4. The number of ether oxygens (including phenoxy) is 1. The van der Waals surface area contributed by atoms with Gasteiger partial charge in [-0.25, -0.2) is 9.97 Å². The molecule has 1 N–H and O–H groups in total. The highest BCUT2D eigenvalue weighted by molar-refractivity contribution is 5.96. The number of methoxy groups -OCH3 is 1. The predicted octanol–water partition coefficient (Wildman–Crippen LogP) is 1.88. The fourth-order valence-electron chi connectivity index (χ4n) is 2.98. The predicted molar refractivity (Wildman–Crippen MR) is 90.8 cm³/mol. The van der Waals surface area contributed by atoms with E-state index in [1.54, 1.807) is 0 Å². The summed E-state index contributed by atoms with van der Waals surface area (Å²) in [5.41, 5.74) is 1.71. The van der Waals surface area contributed by atoms with Crippen molar-refractivity contribution in [3.63, 3.8) is 0 Å². The second-order valence-corrected chi connectivity index (χ2v) is 5.96. The lowest BCUT2D eigenvalue weighted by atomic mass is 10.0. The van der Waals surface area contributed by atoms with Crippen LogP contribution in [0.2, 0.25) is 0 Å². The van der Waals surface area contributed by atoms with Crippen LogP contribution < -0.4 is 10.1 Å². The maximum Gasteiger partial charge on any atom is 0.258 e. The van der Waals surface area contributed by atoms with Crippen LogP contribution in [-0.2, 0) is 6.54 Å². The number of nitrogens with one attached hydrogen (secondary N) is 1. The van der Waals surface area contributed by atoms with Gasteiger partial charge in [0.15, 0.2) is 0 Å². The van der Waals surface area contributed by atoms with E-state index in [4.69, 9.17) is 4.74 Å². The SMILES string of the molecule is COc1ncncc1C(=O)NC1CCN(Cc2ccccc2)CC1. The number of nitrogens with zero attached hydrogens (tertiary/aromatic N) is 3. The van der Waals surface area contributed by atoms with Gasteiger partial charge in [-0.15, -0.1) is 0 Å². The minimum atomic E-state index is -0.172. The zero-order chi connectivity index (χ0) is 16.8. The Kier molecular flexibility index (Phi) is 5.38. The smallest absolute Gasteiger partial charge is 0.258 e. The van der Waals surface area contributed by atoms with Gasteiger partial charge in [0.25, 0.3) is 5.91 Å². The van der Waals surface area contributed by atoms with Crippen molar-refractivity contribution >= 4 is 5.91 Å². The van der Waals surface area contributed by atoms with Gasteiger partial charge in [-0.2, -0.15) is 0 Å². The van der Waals surface area contributed by atoms with Crippen molar-refractivity contribution < 1.29 is 9.53 Å². The molecule has 0 unspecified atom stereocenters. The minimum Gasteiger partial charge on any atom is -0.480 e. The molecule has 3 rings (SSSR count). The number of rotatable bonds is 5. The van der Waals surface area contributed by atoms with Crippen molar-refractivity contribution in [2.24, 2.45) is 0 Å². The number of benzene rings is 1. The molecule has 0 atom stereocenters. The number of aromatic nitrogens is 2. The second-order valence-electron chi connectivity index (χ2n) is 5.96. The maximum atomic E-state index is 12.4. The molecule has 0 aliphatic carbocycles. The second kappa shape index (κ2) is 7.88. The van der Waals surface area contributed by atoms with Crippen molar-refractivity contribution in [2.45, 2.75) is 25.4 Å². The van der Waals surface area contributed by atoms with E-state index in [9.17, 15) is 4.79 Å². The van der Waals surface area contributed by atoms with Crippen LogP contribution in [0.25, 0.3) is 0 Å². The molecule has 1 aliphatic heterocycles. The molecule has 1 amide bonds. The summed E-state index contributed by atoms with van der Waals surface area (Å²) >= 11 is 0. The molecule has 126 valence electrons. The summed E-state index contributed by atoms with van der Waals surface area (Å²) in [6, 6.07) is 10.6. The molecule has 6 nitrogen and oxygen atoms in total. The normalized spacial score (nSPS) is 15.9. The Morgan fingerprint density at radius 1 is 1.29 bits per heavy atom. The van der Waals surface area contributed by atoms with Gasteiger partial charge in [-0.05, 0) is 18.4 Å². The Bertz CT molecular complexity index is 670. The lowest BCUT2D eigenvalue weighted by molar-refractivity contribution is 0.0904. The van der Waals surface area contributed by atoms with Gasteiger partial charge in [0.2, 0.25) is 5.88 Å². The third-order valence-corrected chi connectivity index (χ3v) is 4.29. The molecule has 2 heterocycles. The van der Waals surface area contributed by atoms with Gasteiger partial charge < -0.3 is 10.1 Å². The van der Waals surface area contributed by atoms with E-state index in [1.807, 2.05) is 6.07 Å². The van der Waals surface area contributed by atoms with E-state index in [0.29, 0.717) is 11.4 Å². The van der Waals surface area contributed by atoms with Crippen molar-refractivity contribution in [3.8, 4) is 5.88 Å². The summed E-state index contributed by atoms with van der Waals surface area (Å²) in [5, 5.41) is 3.07. The summed E-state index contributed by atoms with van der Waals surface area (Å²) in [6.07, 6.45) is 4.74. The van der Waals surface area contributed by atoms with Gasteiger partial charge in [0.1, 0.15) is 11.9 Å². The van der Waals surface area contributed by atoms with Crippen LogP contribution in [-0.4, -0.2) is 47.0 Å². The van der Waals surface area contributed by atoms with Crippen molar-refractivity contribution in [3.05, 3.63) is 54.0 Å². The van der Waals surface area contributed by atoms with E-state index in [2.05, 4.69) is 44.5 Å². The summed E-state index contributed by atoms with van der Waals surface area (Å²) in [6.45, 7) is 2.91.